The van der Waals surface area contributed by atoms with E-state index in [-0.39, 0.29) is 25.7 Å². The molecule has 3 atom stereocenters. The van der Waals surface area contributed by atoms with Gasteiger partial charge in [0.2, 0.25) is 6.23 Å². The number of aliphatic hydroxyl groups is 1. The van der Waals surface area contributed by atoms with E-state index in [1.807, 2.05) is 0 Å². The lowest BCUT2D eigenvalue weighted by molar-refractivity contribution is -0.141. The van der Waals surface area contributed by atoms with Crippen LogP contribution in [0.4, 0.5) is 29.9 Å². The van der Waals surface area contributed by atoms with Crippen molar-refractivity contribution in [2.75, 3.05) is 49.0 Å². The first-order valence-electron chi connectivity index (χ1n) is 12.1. The van der Waals surface area contributed by atoms with Gasteiger partial charge in [0.1, 0.15) is 37.4 Å². The maximum atomic E-state index is 14.5. The molecule has 1 aliphatic rings. The predicted molar refractivity (Wildman–Crippen MR) is 149 cm³/mol. The van der Waals surface area contributed by atoms with E-state index < -0.39 is 48.9 Å². The number of hydrogen-bond donors (Lipinski definition) is 5. The standard InChI is InChI=1S/C22H28F2N8O8S2/c23-22(24)17(33)15(40-18(22)32-5-3-16(26)31-19(32)34)11-39-21(36)38-7-9-42-41-8-6-37-20(35)30-13-2-1-4-27-14(13)10-28-29-12-25/h1-5,10,15,17-18,29,33H,6-9,11-12,25H2,(H,30,35)(H2,26,31,34)/b28-10+. The molecular weight excluding hydrogens is 606 g/mol. The zero-order chi connectivity index (χ0) is 30.5. The summed E-state index contributed by atoms with van der Waals surface area (Å²) in [5, 5.41) is 16.4. The molecule has 20 heteroatoms. The highest BCUT2D eigenvalue weighted by molar-refractivity contribution is 8.76. The Bertz CT molecular complexity index is 1290. The summed E-state index contributed by atoms with van der Waals surface area (Å²) in [6.45, 7) is -0.580. The molecule has 16 nitrogen and oxygen atoms in total. The van der Waals surface area contributed by atoms with E-state index in [1.54, 1.807) is 12.1 Å². The molecule has 1 saturated heterocycles. The van der Waals surface area contributed by atoms with Crippen LogP contribution in [0.15, 0.2) is 40.5 Å². The van der Waals surface area contributed by atoms with E-state index >= 15 is 0 Å². The number of hydrogen-bond acceptors (Lipinski definition) is 16. The first-order valence-corrected chi connectivity index (χ1v) is 14.6. The fourth-order valence-corrected chi connectivity index (χ4v) is 4.93. The van der Waals surface area contributed by atoms with E-state index in [2.05, 4.69) is 25.8 Å². The minimum atomic E-state index is -3.88. The Morgan fingerprint density at radius 3 is 2.69 bits per heavy atom. The number of aromatic nitrogens is 3. The van der Waals surface area contributed by atoms with Crippen molar-refractivity contribution in [1.82, 2.24) is 20.0 Å². The number of rotatable bonds is 14. The second-order valence-electron chi connectivity index (χ2n) is 8.06. The van der Waals surface area contributed by atoms with Crippen molar-refractivity contribution in [3.63, 3.8) is 0 Å². The van der Waals surface area contributed by atoms with E-state index in [4.69, 9.17) is 30.4 Å². The van der Waals surface area contributed by atoms with Crippen molar-refractivity contribution in [2.24, 2.45) is 10.8 Å². The molecule has 3 unspecified atom stereocenters. The van der Waals surface area contributed by atoms with Crippen LogP contribution in [0.1, 0.15) is 11.9 Å². The van der Waals surface area contributed by atoms with Crippen LogP contribution in [-0.4, -0.2) is 94.2 Å². The summed E-state index contributed by atoms with van der Waals surface area (Å²) in [5.74, 6) is -3.27. The molecule has 0 radical (unpaired) electrons. The Hall–Kier alpha value is -3.72. The molecule has 0 bridgehead atoms. The van der Waals surface area contributed by atoms with Gasteiger partial charge in [-0.25, -0.2) is 14.4 Å². The molecule has 3 heterocycles. The highest BCUT2D eigenvalue weighted by Gasteiger charge is 2.60. The lowest BCUT2D eigenvalue weighted by Crippen LogP contribution is -2.42. The summed E-state index contributed by atoms with van der Waals surface area (Å²) in [4.78, 5) is 43.2. The van der Waals surface area contributed by atoms with Crippen LogP contribution in [0.25, 0.3) is 0 Å². The van der Waals surface area contributed by atoms with Gasteiger partial charge in [-0.05, 0) is 18.2 Å². The Balaban J connectivity index is 1.28. The number of carbonyl (C=O) groups excluding carboxylic acids is 2. The summed E-state index contributed by atoms with van der Waals surface area (Å²) >= 11 is 0. The first kappa shape index (κ1) is 32.8. The molecule has 0 aliphatic carbocycles. The van der Waals surface area contributed by atoms with E-state index in [1.165, 1.54) is 34.0 Å². The lowest BCUT2D eigenvalue weighted by Gasteiger charge is -2.20. The Morgan fingerprint density at radius 1 is 1.24 bits per heavy atom. The van der Waals surface area contributed by atoms with Crippen molar-refractivity contribution in [3.05, 3.63) is 46.8 Å². The Labute approximate surface area is 244 Å². The third-order valence-electron chi connectivity index (χ3n) is 5.16. The number of nitrogens with zero attached hydrogens (tertiary/aromatic N) is 4. The first-order chi connectivity index (χ1) is 20.1. The number of aliphatic hydroxyl groups excluding tert-OH is 1. The largest absolute Gasteiger partial charge is 0.508 e. The summed E-state index contributed by atoms with van der Waals surface area (Å²) in [5.41, 5.74) is 12.9. The Kier molecular flexibility index (Phi) is 12.5. The minimum absolute atomic E-state index is 0.0679. The van der Waals surface area contributed by atoms with Gasteiger partial charge >= 0.3 is 23.9 Å². The van der Waals surface area contributed by atoms with Gasteiger partial charge in [-0.3, -0.25) is 20.3 Å². The Morgan fingerprint density at radius 2 is 1.98 bits per heavy atom. The number of carbonyl (C=O) groups is 2. The topological polar surface area (TPSA) is 228 Å². The van der Waals surface area contributed by atoms with Gasteiger partial charge in [0, 0.05) is 23.9 Å². The number of pyridine rings is 1. The van der Waals surface area contributed by atoms with Crippen LogP contribution in [0.2, 0.25) is 0 Å². The molecular formula is C22H28F2N8O8S2. The number of nitrogens with two attached hydrogens (primary N) is 2. The molecule has 7 N–H and O–H groups in total. The molecule has 42 heavy (non-hydrogen) atoms. The smallest absolute Gasteiger partial charge is 0.448 e. The minimum Gasteiger partial charge on any atom is -0.448 e. The summed E-state index contributed by atoms with van der Waals surface area (Å²) in [6, 6.07) is 4.39. The van der Waals surface area contributed by atoms with Crippen molar-refractivity contribution in [3.8, 4) is 0 Å². The number of alkyl halides is 2. The van der Waals surface area contributed by atoms with Crippen LogP contribution < -0.4 is 27.9 Å². The van der Waals surface area contributed by atoms with Crippen molar-refractivity contribution in [1.29, 1.82) is 0 Å². The van der Waals surface area contributed by atoms with E-state index in [9.17, 15) is 28.3 Å². The lowest BCUT2D eigenvalue weighted by atomic mass is 10.1. The molecule has 1 aliphatic heterocycles. The van der Waals surface area contributed by atoms with Gasteiger partial charge in [0.05, 0.1) is 18.6 Å². The molecule has 230 valence electrons. The molecule has 2 aromatic heterocycles. The number of amides is 1. The second-order valence-corrected chi connectivity index (χ2v) is 10.8. The molecule has 1 amide bonds. The molecule has 2 aromatic rings. The zero-order valence-corrected chi connectivity index (χ0v) is 23.4. The highest BCUT2D eigenvalue weighted by atomic mass is 33.1. The van der Waals surface area contributed by atoms with Crippen LogP contribution in [0, 0.1) is 0 Å². The number of nitrogen functional groups attached to an aromatic ring is 1. The third-order valence-corrected chi connectivity index (χ3v) is 7.50. The SMILES string of the molecule is NCN/N=C/c1ncccc1NC(=O)OCCSSCCOC(=O)OCC1OC(n2ccc(N)nc2=O)C(F)(F)C1O. The fraction of sp³-hybridized carbons (Fsp3) is 0.455. The molecule has 0 spiro atoms. The van der Waals surface area contributed by atoms with Gasteiger partial charge in [0.25, 0.3) is 0 Å². The average molecular weight is 635 g/mol. The predicted octanol–water partition coefficient (Wildman–Crippen LogP) is 0.737. The normalized spacial score (nSPS) is 19.4. The van der Waals surface area contributed by atoms with Crippen LogP contribution in [0.3, 0.4) is 0 Å². The van der Waals surface area contributed by atoms with Gasteiger partial charge in [-0.15, -0.1) is 0 Å². The monoisotopic (exact) mass is 634 g/mol. The summed E-state index contributed by atoms with van der Waals surface area (Å²) in [7, 11) is 2.68. The number of ether oxygens (including phenoxy) is 4. The molecule has 0 saturated carbocycles. The number of nitrogens with one attached hydrogen (secondary N) is 2. The maximum absolute atomic E-state index is 14.5. The van der Waals surface area contributed by atoms with Gasteiger partial charge < -0.3 is 35.5 Å². The zero-order valence-electron chi connectivity index (χ0n) is 21.8. The molecule has 3 rings (SSSR count). The fourth-order valence-electron chi connectivity index (χ4n) is 3.28. The second kappa shape index (κ2) is 16.1. The molecule has 0 aromatic carbocycles. The van der Waals surface area contributed by atoms with Crippen molar-refractivity contribution < 1.29 is 42.4 Å². The van der Waals surface area contributed by atoms with Gasteiger partial charge in [0.15, 0.2) is 6.10 Å². The third kappa shape index (κ3) is 9.41. The van der Waals surface area contributed by atoms with E-state index in [0.717, 1.165) is 12.3 Å². The average Bonchev–Trinajstić information content (AvgIpc) is 3.17. The summed E-state index contributed by atoms with van der Waals surface area (Å²) in [6.07, 6.45) is -4.11. The number of hydrazone groups is 1. The van der Waals surface area contributed by atoms with Crippen molar-refractivity contribution >= 4 is 51.6 Å². The highest BCUT2D eigenvalue weighted by Crippen LogP contribution is 2.42. The van der Waals surface area contributed by atoms with Crippen molar-refractivity contribution in [2.45, 2.75) is 24.4 Å². The number of halogens is 2. The number of anilines is 2. The summed E-state index contributed by atoms with van der Waals surface area (Å²) < 4.78 is 49.4. The quantitative estimate of drug-likeness (QED) is 0.0482. The van der Waals surface area contributed by atoms with Gasteiger partial charge in [-0.1, -0.05) is 21.6 Å². The van der Waals surface area contributed by atoms with E-state index in [0.29, 0.717) is 27.5 Å². The van der Waals surface area contributed by atoms with Crippen LogP contribution in [-0.2, 0) is 18.9 Å². The maximum Gasteiger partial charge on any atom is 0.508 e. The van der Waals surface area contributed by atoms with Crippen LogP contribution >= 0.6 is 21.6 Å². The van der Waals surface area contributed by atoms with Crippen LogP contribution in [0.5, 0.6) is 0 Å². The van der Waals surface area contributed by atoms with Gasteiger partial charge in [-0.2, -0.15) is 18.9 Å². The molecule has 1 fully saturated rings.